The summed E-state index contributed by atoms with van der Waals surface area (Å²) in [6.45, 7) is 2.95. The van der Waals surface area contributed by atoms with Crippen LogP contribution in [0.3, 0.4) is 0 Å². The molecule has 150 valence electrons. The van der Waals surface area contributed by atoms with E-state index in [0.717, 1.165) is 23.7 Å². The van der Waals surface area contributed by atoms with Crippen LogP contribution in [-0.2, 0) is 9.59 Å². The van der Waals surface area contributed by atoms with Gasteiger partial charge in [-0.15, -0.1) is 0 Å². The number of para-hydroxylation sites is 1. The van der Waals surface area contributed by atoms with Crippen LogP contribution in [0.2, 0.25) is 0 Å². The third kappa shape index (κ3) is 4.21. The Kier molecular flexibility index (Phi) is 5.69. The van der Waals surface area contributed by atoms with Gasteiger partial charge in [0.15, 0.2) is 0 Å². The van der Waals surface area contributed by atoms with E-state index in [-0.39, 0.29) is 24.2 Å². The van der Waals surface area contributed by atoms with Gasteiger partial charge in [-0.2, -0.15) is 0 Å². The molecule has 7 heteroatoms. The Labute approximate surface area is 173 Å². The number of hydrogen-bond acceptors (Lipinski definition) is 4. The van der Waals surface area contributed by atoms with Crippen molar-refractivity contribution in [3.8, 4) is 0 Å². The first-order chi connectivity index (χ1) is 14.0. The molecule has 0 bridgehead atoms. The molecule has 2 amide bonds. The molecular weight excluding hydrogens is 389 g/mol. The summed E-state index contributed by atoms with van der Waals surface area (Å²) in [6, 6.07) is 13.9. The monoisotopic (exact) mass is 411 g/mol. The fourth-order valence-corrected chi connectivity index (χ4v) is 4.49. The third-order valence-electron chi connectivity index (χ3n) is 5.17. The lowest BCUT2D eigenvalue weighted by atomic mass is 10.2. The second kappa shape index (κ2) is 8.39. The van der Waals surface area contributed by atoms with E-state index in [9.17, 15) is 14.0 Å². The van der Waals surface area contributed by atoms with Gasteiger partial charge in [0.2, 0.25) is 5.91 Å². The lowest BCUT2D eigenvalue weighted by Gasteiger charge is -2.35. The number of likely N-dealkylation sites (N-methyl/N-ethyl adjacent to an activating group) is 1. The van der Waals surface area contributed by atoms with Gasteiger partial charge >= 0.3 is 0 Å². The Balaban J connectivity index is 1.62. The molecule has 4 rings (SSSR count). The van der Waals surface area contributed by atoms with Crippen LogP contribution in [-0.4, -0.2) is 61.4 Å². The van der Waals surface area contributed by atoms with Crippen LogP contribution in [0.15, 0.2) is 58.3 Å². The van der Waals surface area contributed by atoms with Crippen molar-refractivity contribution in [2.75, 3.05) is 44.7 Å². The highest BCUT2D eigenvalue weighted by Crippen LogP contribution is 2.42. The number of benzene rings is 2. The molecule has 2 aliphatic heterocycles. The molecule has 0 aromatic heterocycles. The van der Waals surface area contributed by atoms with Crippen LogP contribution >= 0.6 is 11.8 Å². The Hall–Kier alpha value is -2.64. The molecule has 0 unspecified atom stereocenters. The summed E-state index contributed by atoms with van der Waals surface area (Å²) in [4.78, 5) is 32.9. The molecule has 1 saturated heterocycles. The zero-order chi connectivity index (χ0) is 20.4. The number of thioether (sulfide) groups is 1. The van der Waals surface area contributed by atoms with E-state index in [2.05, 4.69) is 4.90 Å². The van der Waals surface area contributed by atoms with Crippen LogP contribution in [0.4, 0.5) is 10.1 Å². The molecule has 0 atom stereocenters. The minimum absolute atomic E-state index is 0.0191. The number of anilines is 1. The van der Waals surface area contributed by atoms with Crippen molar-refractivity contribution in [2.24, 2.45) is 0 Å². The number of nitrogens with zero attached hydrogens (tertiary/aromatic N) is 3. The molecule has 0 saturated carbocycles. The minimum Gasteiger partial charge on any atom is -0.339 e. The number of hydrogen-bond donors (Lipinski definition) is 0. The lowest BCUT2D eigenvalue weighted by Crippen LogP contribution is -2.51. The molecule has 5 nitrogen and oxygen atoms in total. The number of halogens is 1. The minimum atomic E-state index is -0.382. The summed E-state index contributed by atoms with van der Waals surface area (Å²) >= 11 is 1.31. The normalized spacial score (nSPS) is 18.8. The van der Waals surface area contributed by atoms with Crippen LogP contribution in [0.25, 0.3) is 6.08 Å². The van der Waals surface area contributed by atoms with Gasteiger partial charge in [-0.1, -0.05) is 42.1 Å². The first-order valence-corrected chi connectivity index (χ1v) is 10.4. The van der Waals surface area contributed by atoms with Crippen LogP contribution < -0.4 is 4.90 Å². The van der Waals surface area contributed by atoms with Gasteiger partial charge in [0.25, 0.3) is 5.91 Å². The van der Waals surface area contributed by atoms with Crippen molar-refractivity contribution < 1.29 is 14.0 Å². The van der Waals surface area contributed by atoms with E-state index in [4.69, 9.17) is 0 Å². The van der Waals surface area contributed by atoms with Gasteiger partial charge in [-0.05, 0) is 31.3 Å². The summed E-state index contributed by atoms with van der Waals surface area (Å²) in [5.41, 5.74) is 1.07. The SMILES string of the molecule is CN1CCN(C(=O)CN2C(=O)C(=Cc3ccccc3F)Sc3ccccc32)CC1. The van der Waals surface area contributed by atoms with E-state index in [0.29, 0.717) is 23.6 Å². The van der Waals surface area contributed by atoms with E-state index < -0.39 is 0 Å². The van der Waals surface area contributed by atoms with E-state index in [1.165, 1.54) is 22.7 Å². The summed E-state index contributed by atoms with van der Waals surface area (Å²) in [5, 5.41) is 0. The second-order valence-corrected chi connectivity index (χ2v) is 8.26. The topological polar surface area (TPSA) is 43.9 Å². The molecule has 0 N–H and O–H groups in total. The summed E-state index contributed by atoms with van der Waals surface area (Å²) in [6.07, 6.45) is 1.56. The van der Waals surface area contributed by atoms with Gasteiger partial charge < -0.3 is 9.80 Å². The molecule has 2 aromatic carbocycles. The third-order valence-corrected chi connectivity index (χ3v) is 6.25. The van der Waals surface area contributed by atoms with Gasteiger partial charge in [0.1, 0.15) is 12.4 Å². The van der Waals surface area contributed by atoms with E-state index in [1.807, 2.05) is 31.3 Å². The van der Waals surface area contributed by atoms with Crippen molar-refractivity contribution in [2.45, 2.75) is 4.90 Å². The average molecular weight is 412 g/mol. The maximum atomic E-state index is 14.1. The Morgan fingerprint density at radius 1 is 1.07 bits per heavy atom. The summed E-state index contributed by atoms with van der Waals surface area (Å²) in [7, 11) is 2.03. The van der Waals surface area contributed by atoms with Gasteiger partial charge in [0, 0.05) is 36.6 Å². The van der Waals surface area contributed by atoms with Crippen molar-refractivity contribution in [3.63, 3.8) is 0 Å². The van der Waals surface area contributed by atoms with Crippen LogP contribution in [0, 0.1) is 5.82 Å². The highest BCUT2D eigenvalue weighted by Gasteiger charge is 2.32. The maximum absolute atomic E-state index is 14.1. The first-order valence-electron chi connectivity index (χ1n) is 9.54. The van der Waals surface area contributed by atoms with Gasteiger partial charge in [-0.25, -0.2) is 4.39 Å². The van der Waals surface area contributed by atoms with Crippen LogP contribution in [0.1, 0.15) is 5.56 Å². The predicted octanol–water partition coefficient (Wildman–Crippen LogP) is 3.08. The quantitative estimate of drug-likeness (QED) is 0.728. The Bertz CT molecular complexity index is 970. The standard InChI is InChI=1S/C22H22FN3O2S/c1-24-10-12-25(13-11-24)21(27)15-26-18-8-4-5-9-19(18)29-20(22(26)28)14-16-6-2-3-7-17(16)23/h2-9,14H,10-13,15H2,1H3. The number of fused-ring (bicyclic) bond motifs is 1. The fraction of sp³-hybridized carbons (Fsp3) is 0.273. The van der Waals surface area contributed by atoms with E-state index in [1.54, 1.807) is 29.2 Å². The van der Waals surface area contributed by atoms with Crippen molar-refractivity contribution in [3.05, 3.63) is 64.8 Å². The zero-order valence-corrected chi connectivity index (χ0v) is 17.0. The smallest absolute Gasteiger partial charge is 0.265 e. The van der Waals surface area contributed by atoms with E-state index >= 15 is 0 Å². The second-order valence-electron chi connectivity index (χ2n) is 7.18. The summed E-state index contributed by atoms with van der Waals surface area (Å²) in [5.74, 6) is -0.731. The van der Waals surface area contributed by atoms with Gasteiger partial charge in [0.05, 0.1) is 10.6 Å². The molecule has 2 aliphatic rings. The number of rotatable bonds is 3. The molecule has 2 heterocycles. The van der Waals surface area contributed by atoms with Crippen LogP contribution in [0.5, 0.6) is 0 Å². The molecule has 2 aromatic rings. The largest absolute Gasteiger partial charge is 0.339 e. The van der Waals surface area contributed by atoms with Crippen molar-refractivity contribution >= 4 is 35.3 Å². The average Bonchev–Trinajstić information content (AvgIpc) is 2.73. The molecule has 0 aliphatic carbocycles. The van der Waals surface area contributed by atoms with Gasteiger partial charge in [-0.3, -0.25) is 14.5 Å². The fourth-order valence-electron chi connectivity index (χ4n) is 3.44. The highest BCUT2D eigenvalue weighted by molar-refractivity contribution is 8.04. The Morgan fingerprint density at radius 2 is 1.76 bits per heavy atom. The van der Waals surface area contributed by atoms with Crippen molar-refractivity contribution in [1.29, 1.82) is 0 Å². The predicted molar refractivity (Wildman–Crippen MR) is 113 cm³/mol. The first kappa shape index (κ1) is 19.7. The zero-order valence-electron chi connectivity index (χ0n) is 16.2. The molecular formula is C22H22FN3O2S. The lowest BCUT2D eigenvalue weighted by molar-refractivity contribution is -0.132. The number of amides is 2. The molecule has 0 spiro atoms. The Morgan fingerprint density at radius 3 is 2.52 bits per heavy atom. The highest BCUT2D eigenvalue weighted by atomic mass is 32.2. The molecule has 1 fully saturated rings. The molecule has 29 heavy (non-hydrogen) atoms. The molecule has 0 radical (unpaired) electrons. The van der Waals surface area contributed by atoms with Crippen molar-refractivity contribution in [1.82, 2.24) is 9.80 Å². The number of piperazine rings is 1. The number of carbonyl (C=O) groups is 2. The number of carbonyl (C=O) groups excluding carboxylic acids is 2. The summed E-state index contributed by atoms with van der Waals surface area (Å²) < 4.78 is 14.1. The maximum Gasteiger partial charge on any atom is 0.265 e.